The van der Waals surface area contributed by atoms with E-state index in [1.54, 1.807) is 6.33 Å². The van der Waals surface area contributed by atoms with Crippen LogP contribution in [0.4, 0.5) is 0 Å². The van der Waals surface area contributed by atoms with E-state index in [1.165, 1.54) is 0 Å². The Hall–Kier alpha value is -1.16. The molecule has 0 radical (unpaired) electrons. The molecule has 0 aliphatic rings. The van der Waals surface area contributed by atoms with E-state index < -0.39 is 0 Å². The highest BCUT2D eigenvalue weighted by molar-refractivity contribution is 5.18. The van der Waals surface area contributed by atoms with Crippen molar-refractivity contribution in [1.82, 2.24) is 15.3 Å². The fourth-order valence-electron chi connectivity index (χ4n) is 1.92. The molecule has 1 heterocycles. The lowest BCUT2D eigenvalue weighted by Crippen LogP contribution is -2.30. The van der Waals surface area contributed by atoms with Gasteiger partial charge < -0.3 is 10.1 Å². The second-order valence-corrected chi connectivity index (χ2v) is 4.54. The maximum absolute atomic E-state index is 5.58. The maximum atomic E-state index is 5.58. The molecule has 0 fully saturated rings. The van der Waals surface area contributed by atoms with Crippen LogP contribution >= 0.6 is 0 Å². The van der Waals surface area contributed by atoms with Gasteiger partial charge in [-0.15, -0.1) is 0 Å². The summed E-state index contributed by atoms with van der Waals surface area (Å²) in [6.45, 7) is 8.33. The molecule has 2 unspecified atom stereocenters. The minimum absolute atomic E-state index is 0.138. The Kier molecular flexibility index (Phi) is 5.35. The zero-order valence-corrected chi connectivity index (χ0v) is 11.4. The minimum Gasteiger partial charge on any atom is -0.475 e. The first-order chi connectivity index (χ1) is 8.08. The van der Waals surface area contributed by atoms with Crippen LogP contribution in [0.3, 0.4) is 0 Å². The van der Waals surface area contributed by atoms with E-state index in [-0.39, 0.29) is 6.10 Å². The van der Waals surface area contributed by atoms with Crippen LogP contribution < -0.4 is 10.1 Å². The first-order valence-electron chi connectivity index (χ1n) is 6.24. The molecule has 0 amide bonds. The predicted octanol–water partition coefficient (Wildman–Crippen LogP) is 2.37. The van der Waals surface area contributed by atoms with Gasteiger partial charge in [0.25, 0.3) is 0 Å². The molecule has 0 saturated heterocycles. The van der Waals surface area contributed by atoms with Gasteiger partial charge in [-0.05, 0) is 27.3 Å². The molecule has 0 aliphatic heterocycles. The van der Waals surface area contributed by atoms with Crippen LogP contribution in [0.1, 0.15) is 45.7 Å². The summed E-state index contributed by atoms with van der Waals surface area (Å²) in [5, 5.41) is 3.31. The zero-order valence-electron chi connectivity index (χ0n) is 11.4. The molecular formula is C13H23N3O. The molecule has 0 spiro atoms. The molecule has 0 bridgehead atoms. The smallest absolute Gasteiger partial charge is 0.216 e. The largest absolute Gasteiger partial charge is 0.475 e. The summed E-state index contributed by atoms with van der Waals surface area (Å²) in [6, 6.07) is 2.36. The molecule has 17 heavy (non-hydrogen) atoms. The highest BCUT2D eigenvalue weighted by Gasteiger charge is 2.17. The van der Waals surface area contributed by atoms with Crippen molar-refractivity contribution in [2.75, 3.05) is 7.05 Å². The van der Waals surface area contributed by atoms with Gasteiger partial charge in [-0.25, -0.2) is 9.97 Å². The van der Waals surface area contributed by atoms with Gasteiger partial charge >= 0.3 is 0 Å². The second kappa shape index (κ2) is 6.55. The average Bonchev–Trinajstić information content (AvgIpc) is 2.30. The highest BCUT2D eigenvalue weighted by Crippen LogP contribution is 2.21. The van der Waals surface area contributed by atoms with Gasteiger partial charge in [-0.2, -0.15) is 0 Å². The summed E-state index contributed by atoms with van der Waals surface area (Å²) in [7, 11) is 1.98. The van der Waals surface area contributed by atoms with Gasteiger partial charge in [0, 0.05) is 18.0 Å². The Morgan fingerprint density at radius 2 is 2.00 bits per heavy atom. The third-order valence-corrected chi connectivity index (χ3v) is 2.90. The highest BCUT2D eigenvalue weighted by atomic mass is 16.5. The Morgan fingerprint density at radius 3 is 2.53 bits per heavy atom. The summed E-state index contributed by atoms with van der Waals surface area (Å²) in [5.74, 6) is 1.00. The van der Waals surface area contributed by atoms with E-state index >= 15 is 0 Å². The van der Waals surface area contributed by atoms with Gasteiger partial charge in [0.15, 0.2) is 0 Å². The van der Waals surface area contributed by atoms with Gasteiger partial charge in [0.2, 0.25) is 5.88 Å². The van der Waals surface area contributed by atoms with Crippen molar-refractivity contribution < 1.29 is 4.74 Å². The fourth-order valence-corrected chi connectivity index (χ4v) is 1.92. The number of rotatable bonds is 6. The van der Waals surface area contributed by atoms with Crippen molar-refractivity contribution >= 4 is 0 Å². The minimum atomic E-state index is 0.138. The van der Waals surface area contributed by atoms with Crippen LogP contribution in [0.2, 0.25) is 0 Å². The summed E-state index contributed by atoms with van der Waals surface area (Å²) in [4.78, 5) is 8.45. The predicted molar refractivity (Wildman–Crippen MR) is 69.3 cm³/mol. The number of ether oxygens (including phenoxy) is 1. The van der Waals surface area contributed by atoms with Crippen molar-refractivity contribution in [2.24, 2.45) is 0 Å². The van der Waals surface area contributed by atoms with E-state index in [2.05, 4.69) is 29.1 Å². The van der Waals surface area contributed by atoms with Crippen LogP contribution in [0.15, 0.2) is 12.4 Å². The van der Waals surface area contributed by atoms with Gasteiger partial charge in [0.1, 0.15) is 6.33 Å². The molecule has 1 rings (SSSR count). The van der Waals surface area contributed by atoms with E-state index in [4.69, 9.17) is 4.74 Å². The molecule has 1 aromatic rings. The topological polar surface area (TPSA) is 47.0 Å². The SMILES string of the molecule is CCC(NC)C(C)c1cc(OC(C)C)ncn1. The molecule has 4 nitrogen and oxygen atoms in total. The van der Waals surface area contributed by atoms with E-state index in [9.17, 15) is 0 Å². The standard InChI is InChI=1S/C13H23N3O/c1-6-11(14-5)10(4)12-7-13(16-8-15-12)17-9(2)3/h7-11,14H,6H2,1-5H3. The number of nitrogens with zero attached hydrogens (tertiary/aromatic N) is 2. The van der Waals surface area contributed by atoms with Crippen molar-refractivity contribution in [1.29, 1.82) is 0 Å². The van der Waals surface area contributed by atoms with Crippen LogP contribution in [0, 0.1) is 0 Å². The molecule has 1 N–H and O–H groups in total. The second-order valence-electron chi connectivity index (χ2n) is 4.54. The van der Waals surface area contributed by atoms with Crippen LogP contribution in [-0.2, 0) is 0 Å². The van der Waals surface area contributed by atoms with E-state index in [0.29, 0.717) is 17.8 Å². The van der Waals surface area contributed by atoms with Crippen molar-refractivity contribution in [2.45, 2.75) is 52.2 Å². The fraction of sp³-hybridized carbons (Fsp3) is 0.692. The first-order valence-corrected chi connectivity index (χ1v) is 6.24. The lowest BCUT2D eigenvalue weighted by atomic mass is 9.96. The quantitative estimate of drug-likeness (QED) is 0.825. The molecule has 0 aromatic carbocycles. The zero-order chi connectivity index (χ0) is 12.8. The molecular weight excluding hydrogens is 214 g/mol. The van der Waals surface area contributed by atoms with Gasteiger partial charge in [0.05, 0.1) is 11.8 Å². The third-order valence-electron chi connectivity index (χ3n) is 2.90. The van der Waals surface area contributed by atoms with E-state index in [1.807, 2.05) is 27.0 Å². The molecule has 0 saturated carbocycles. The Labute approximate surface area is 104 Å². The molecule has 96 valence electrons. The average molecular weight is 237 g/mol. The van der Waals surface area contributed by atoms with Gasteiger partial charge in [-0.1, -0.05) is 13.8 Å². The van der Waals surface area contributed by atoms with Crippen LogP contribution in [-0.4, -0.2) is 29.2 Å². The molecule has 2 atom stereocenters. The number of aromatic nitrogens is 2. The Morgan fingerprint density at radius 1 is 1.29 bits per heavy atom. The molecule has 1 aromatic heterocycles. The lowest BCUT2D eigenvalue weighted by Gasteiger charge is -2.21. The number of hydrogen-bond donors (Lipinski definition) is 1. The van der Waals surface area contributed by atoms with E-state index in [0.717, 1.165) is 12.1 Å². The maximum Gasteiger partial charge on any atom is 0.216 e. The molecule has 4 heteroatoms. The first kappa shape index (κ1) is 13.9. The number of nitrogens with one attached hydrogen (secondary N) is 1. The third kappa shape index (κ3) is 3.97. The van der Waals surface area contributed by atoms with Crippen molar-refractivity contribution in [3.05, 3.63) is 18.1 Å². The van der Waals surface area contributed by atoms with Crippen molar-refractivity contribution in [3.63, 3.8) is 0 Å². The summed E-state index contributed by atoms with van der Waals surface area (Å²) < 4.78 is 5.58. The number of likely N-dealkylation sites (N-methyl/N-ethyl adjacent to an activating group) is 1. The number of hydrogen-bond acceptors (Lipinski definition) is 4. The van der Waals surface area contributed by atoms with Gasteiger partial charge in [-0.3, -0.25) is 0 Å². The van der Waals surface area contributed by atoms with Crippen molar-refractivity contribution in [3.8, 4) is 5.88 Å². The van der Waals surface area contributed by atoms with Crippen LogP contribution in [0.25, 0.3) is 0 Å². The summed E-state index contributed by atoms with van der Waals surface area (Å²) in [6.07, 6.45) is 2.79. The Bertz CT molecular complexity index is 337. The normalized spacial score (nSPS) is 14.7. The summed E-state index contributed by atoms with van der Waals surface area (Å²) >= 11 is 0. The molecule has 0 aliphatic carbocycles. The van der Waals surface area contributed by atoms with Crippen LogP contribution in [0.5, 0.6) is 5.88 Å². The monoisotopic (exact) mass is 237 g/mol. The lowest BCUT2D eigenvalue weighted by molar-refractivity contribution is 0.231. The summed E-state index contributed by atoms with van der Waals surface area (Å²) in [5.41, 5.74) is 1.02. The Balaban J connectivity index is 2.83.